The molecular formula is C18H22N2O4S. The van der Waals surface area contributed by atoms with Gasteiger partial charge in [0.25, 0.3) is 10.0 Å². The number of ether oxygens (including phenoxy) is 2. The van der Waals surface area contributed by atoms with Crippen LogP contribution in [0.15, 0.2) is 53.4 Å². The van der Waals surface area contributed by atoms with E-state index in [0.717, 1.165) is 5.56 Å². The molecule has 0 spiro atoms. The molecule has 3 rings (SSSR count). The number of benzene rings is 2. The normalized spacial score (nSPS) is 17.2. The molecule has 1 heterocycles. The highest BCUT2D eigenvalue weighted by atomic mass is 32.2. The van der Waals surface area contributed by atoms with Gasteiger partial charge in [-0.2, -0.15) is 0 Å². The number of hydrogen-bond donors (Lipinski definition) is 1. The van der Waals surface area contributed by atoms with Gasteiger partial charge in [-0.1, -0.05) is 18.2 Å². The van der Waals surface area contributed by atoms with Gasteiger partial charge in [0.15, 0.2) is 0 Å². The standard InChI is InChI=1S/C18H22N2O4S/c1-23-10-11-24-16-6-8-17(9-7-16)25(21,22)20-13-15(19)12-14-4-2-3-5-18(14)20/h2-9,15H,10-13,19H2,1H3. The first-order valence-electron chi connectivity index (χ1n) is 8.10. The van der Waals surface area contributed by atoms with E-state index in [1.54, 1.807) is 31.4 Å². The highest BCUT2D eigenvalue weighted by molar-refractivity contribution is 7.92. The average molecular weight is 362 g/mol. The van der Waals surface area contributed by atoms with Crippen molar-refractivity contribution in [2.75, 3.05) is 31.2 Å². The van der Waals surface area contributed by atoms with Crippen LogP contribution in [0, 0.1) is 0 Å². The number of sulfonamides is 1. The van der Waals surface area contributed by atoms with Crippen LogP contribution in [0.2, 0.25) is 0 Å². The zero-order chi connectivity index (χ0) is 17.9. The second-order valence-corrected chi connectivity index (χ2v) is 7.80. The van der Waals surface area contributed by atoms with E-state index in [9.17, 15) is 8.42 Å². The summed E-state index contributed by atoms with van der Waals surface area (Å²) in [5, 5.41) is 0. The van der Waals surface area contributed by atoms with E-state index in [0.29, 0.717) is 31.1 Å². The van der Waals surface area contributed by atoms with Crippen molar-refractivity contribution in [2.45, 2.75) is 17.4 Å². The van der Waals surface area contributed by atoms with Gasteiger partial charge in [0, 0.05) is 19.7 Å². The molecule has 0 aromatic heterocycles. The van der Waals surface area contributed by atoms with Crippen molar-refractivity contribution in [3.05, 3.63) is 54.1 Å². The van der Waals surface area contributed by atoms with E-state index in [2.05, 4.69) is 0 Å². The molecule has 0 radical (unpaired) electrons. The predicted octanol–water partition coefficient (Wildman–Crippen LogP) is 1.79. The lowest BCUT2D eigenvalue weighted by Crippen LogP contribution is -2.46. The molecule has 1 unspecified atom stereocenters. The molecule has 25 heavy (non-hydrogen) atoms. The summed E-state index contributed by atoms with van der Waals surface area (Å²) in [5.41, 5.74) is 7.72. The summed E-state index contributed by atoms with van der Waals surface area (Å²) in [6.45, 7) is 1.16. The Bertz CT molecular complexity index is 821. The lowest BCUT2D eigenvalue weighted by molar-refractivity contribution is 0.146. The molecule has 7 heteroatoms. The molecule has 6 nitrogen and oxygen atoms in total. The SMILES string of the molecule is COCCOc1ccc(S(=O)(=O)N2CC(N)Cc3ccccc32)cc1. The quantitative estimate of drug-likeness (QED) is 0.793. The Morgan fingerprint density at radius 2 is 1.84 bits per heavy atom. The smallest absolute Gasteiger partial charge is 0.264 e. The van der Waals surface area contributed by atoms with Gasteiger partial charge in [-0.25, -0.2) is 8.42 Å². The number of nitrogens with zero attached hydrogens (tertiary/aromatic N) is 1. The third kappa shape index (κ3) is 3.78. The van der Waals surface area contributed by atoms with E-state index in [1.165, 1.54) is 4.31 Å². The largest absolute Gasteiger partial charge is 0.491 e. The predicted molar refractivity (Wildman–Crippen MR) is 96.5 cm³/mol. The van der Waals surface area contributed by atoms with E-state index >= 15 is 0 Å². The van der Waals surface area contributed by atoms with E-state index in [1.807, 2.05) is 24.3 Å². The minimum absolute atomic E-state index is 0.218. The zero-order valence-corrected chi connectivity index (χ0v) is 14.9. The van der Waals surface area contributed by atoms with Crippen molar-refractivity contribution in [2.24, 2.45) is 5.73 Å². The summed E-state index contributed by atoms with van der Waals surface area (Å²) in [7, 11) is -2.08. The first-order valence-corrected chi connectivity index (χ1v) is 9.54. The van der Waals surface area contributed by atoms with Gasteiger partial charge in [0.05, 0.1) is 17.2 Å². The summed E-state index contributed by atoms with van der Waals surface area (Å²) < 4.78 is 38.0. The number of methoxy groups -OCH3 is 1. The molecule has 134 valence electrons. The maximum atomic E-state index is 13.1. The minimum Gasteiger partial charge on any atom is -0.491 e. The molecule has 2 aromatic carbocycles. The topological polar surface area (TPSA) is 81.9 Å². The van der Waals surface area contributed by atoms with Gasteiger partial charge in [-0.15, -0.1) is 0 Å². The monoisotopic (exact) mass is 362 g/mol. The van der Waals surface area contributed by atoms with Crippen LogP contribution in [0.5, 0.6) is 5.75 Å². The molecule has 0 bridgehead atoms. The second-order valence-electron chi connectivity index (χ2n) is 5.94. The average Bonchev–Trinajstić information content (AvgIpc) is 2.61. The van der Waals surface area contributed by atoms with Gasteiger partial charge >= 0.3 is 0 Å². The van der Waals surface area contributed by atoms with Crippen LogP contribution in [-0.4, -0.2) is 41.3 Å². The summed E-state index contributed by atoms with van der Waals surface area (Å²) in [6.07, 6.45) is 0.675. The first-order chi connectivity index (χ1) is 12.0. The second kappa shape index (κ2) is 7.43. The summed E-state index contributed by atoms with van der Waals surface area (Å²) in [6, 6.07) is 13.7. The highest BCUT2D eigenvalue weighted by Crippen LogP contribution is 2.31. The maximum Gasteiger partial charge on any atom is 0.264 e. The summed E-state index contributed by atoms with van der Waals surface area (Å²) >= 11 is 0. The Labute approximate surface area is 148 Å². The van der Waals surface area contributed by atoms with Crippen LogP contribution < -0.4 is 14.8 Å². The molecule has 0 saturated carbocycles. The van der Waals surface area contributed by atoms with Crippen LogP contribution in [-0.2, 0) is 21.2 Å². The third-order valence-corrected chi connectivity index (χ3v) is 5.90. The fraction of sp³-hybridized carbons (Fsp3) is 0.333. The number of rotatable bonds is 6. The highest BCUT2D eigenvalue weighted by Gasteiger charge is 2.31. The number of anilines is 1. The van der Waals surface area contributed by atoms with Crippen LogP contribution >= 0.6 is 0 Å². The van der Waals surface area contributed by atoms with Crippen molar-refractivity contribution in [3.8, 4) is 5.75 Å². The van der Waals surface area contributed by atoms with Crippen molar-refractivity contribution in [1.29, 1.82) is 0 Å². The van der Waals surface area contributed by atoms with E-state index < -0.39 is 10.0 Å². The molecule has 0 fully saturated rings. The lowest BCUT2D eigenvalue weighted by Gasteiger charge is -2.33. The van der Waals surface area contributed by atoms with Crippen LogP contribution in [0.25, 0.3) is 0 Å². The molecule has 1 atom stereocenters. The molecule has 0 amide bonds. The molecular weight excluding hydrogens is 340 g/mol. The van der Waals surface area contributed by atoms with Crippen LogP contribution in [0.3, 0.4) is 0 Å². The number of fused-ring (bicyclic) bond motifs is 1. The molecule has 2 aromatic rings. The summed E-state index contributed by atoms with van der Waals surface area (Å²) in [5.74, 6) is 0.603. The Balaban J connectivity index is 1.87. The molecule has 1 aliphatic rings. The molecule has 2 N–H and O–H groups in total. The number of para-hydroxylation sites is 1. The van der Waals surface area contributed by atoms with Gasteiger partial charge < -0.3 is 15.2 Å². The fourth-order valence-electron chi connectivity index (χ4n) is 2.89. The van der Waals surface area contributed by atoms with Crippen molar-refractivity contribution >= 4 is 15.7 Å². The van der Waals surface area contributed by atoms with Gasteiger partial charge in [-0.3, -0.25) is 4.31 Å². The van der Waals surface area contributed by atoms with Crippen molar-refractivity contribution < 1.29 is 17.9 Å². The third-order valence-electron chi connectivity index (χ3n) is 4.11. The fourth-order valence-corrected chi connectivity index (χ4v) is 4.45. The summed E-state index contributed by atoms with van der Waals surface area (Å²) in [4.78, 5) is 0.218. The zero-order valence-electron chi connectivity index (χ0n) is 14.1. The Morgan fingerprint density at radius 3 is 2.56 bits per heavy atom. The molecule has 0 saturated heterocycles. The van der Waals surface area contributed by atoms with Gasteiger partial charge in [0.1, 0.15) is 12.4 Å². The first kappa shape index (κ1) is 17.7. The van der Waals surface area contributed by atoms with Crippen LogP contribution in [0.4, 0.5) is 5.69 Å². The minimum atomic E-state index is -3.68. The number of hydrogen-bond acceptors (Lipinski definition) is 5. The lowest BCUT2D eigenvalue weighted by atomic mass is 10.0. The Hall–Kier alpha value is -2.09. The maximum absolute atomic E-state index is 13.1. The molecule has 0 aliphatic carbocycles. The van der Waals surface area contributed by atoms with E-state index in [4.69, 9.17) is 15.2 Å². The van der Waals surface area contributed by atoms with Gasteiger partial charge in [-0.05, 0) is 42.3 Å². The Kier molecular flexibility index (Phi) is 5.27. The van der Waals surface area contributed by atoms with E-state index in [-0.39, 0.29) is 17.5 Å². The van der Waals surface area contributed by atoms with Crippen LogP contribution in [0.1, 0.15) is 5.56 Å². The Morgan fingerprint density at radius 1 is 1.12 bits per heavy atom. The van der Waals surface area contributed by atoms with Crippen molar-refractivity contribution in [3.63, 3.8) is 0 Å². The number of nitrogens with two attached hydrogens (primary N) is 1. The molecule has 1 aliphatic heterocycles. The van der Waals surface area contributed by atoms with Crippen molar-refractivity contribution in [1.82, 2.24) is 0 Å². The van der Waals surface area contributed by atoms with Gasteiger partial charge in [0.2, 0.25) is 0 Å².